The average Bonchev–Trinajstić information content (AvgIpc) is 3.41. The molecule has 0 aliphatic heterocycles. The van der Waals surface area contributed by atoms with Crippen molar-refractivity contribution in [2.75, 3.05) is 6.26 Å². The SMILES string of the molecule is CSN.Cc1ccc(F)c(-c2cc(F)cc(F)c2OCc2coc(C3CCCC3)n2)c1. The summed E-state index contributed by atoms with van der Waals surface area (Å²) in [5.74, 6) is -1.50. The van der Waals surface area contributed by atoms with E-state index in [1.165, 1.54) is 30.3 Å². The highest BCUT2D eigenvalue weighted by molar-refractivity contribution is 7.96. The Morgan fingerprint density at radius 2 is 1.81 bits per heavy atom. The van der Waals surface area contributed by atoms with Crippen molar-refractivity contribution in [3.05, 3.63) is 71.2 Å². The van der Waals surface area contributed by atoms with Crippen LogP contribution in [0, 0.1) is 24.4 Å². The van der Waals surface area contributed by atoms with Crippen molar-refractivity contribution in [3.8, 4) is 16.9 Å². The Bertz CT molecular complexity index is 1020. The number of nitrogens with zero attached hydrogens (tertiary/aromatic N) is 1. The first kappa shape index (κ1) is 23.2. The van der Waals surface area contributed by atoms with Gasteiger partial charge in [0.05, 0.1) is 0 Å². The molecule has 1 fully saturated rings. The van der Waals surface area contributed by atoms with Gasteiger partial charge < -0.3 is 9.15 Å². The van der Waals surface area contributed by atoms with E-state index in [2.05, 4.69) is 4.98 Å². The zero-order chi connectivity index (χ0) is 22.4. The molecule has 31 heavy (non-hydrogen) atoms. The van der Waals surface area contributed by atoms with Gasteiger partial charge in [-0.1, -0.05) is 36.4 Å². The number of rotatable bonds is 5. The van der Waals surface area contributed by atoms with E-state index in [1.54, 1.807) is 13.0 Å². The highest BCUT2D eigenvalue weighted by atomic mass is 32.2. The average molecular weight is 451 g/mol. The van der Waals surface area contributed by atoms with Crippen LogP contribution in [0.4, 0.5) is 13.2 Å². The summed E-state index contributed by atoms with van der Waals surface area (Å²) in [5, 5.41) is 4.76. The van der Waals surface area contributed by atoms with Gasteiger partial charge in [-0.15, -0.1) is 0 Å². The lowest BCUT2D eigenvalue weighted by Gasteiger charge is -2.13. The van der Waals surface area contributed by atoms with Gasteiger partial charge in [0.1, 0.15) is 30.2 Å². The van der Waals surface area contributed by atoms with E-state index in [9.17, 15) is 13.2 Å². The highest BCUT2D eigenvalue weighted by Crippen LogP contribution is 2.37. The van der Waals surface area contributed by atoms with Gasteiger partial charge in [0.2, 0.25) is 0 Å². The zero-order valence-electron chi connectivity index (χ0n) is 17.5. The molecule has 166 valence electrons. The molecule has 2 N–H and O–H groups in total. The zero-order valence-corrected chi connectivity index (χ0v) is 18.3. The fourth-order valence-electron chi connectivity index (χ4n) is 3.65. The molecule has 0 atom stereocenters. The molecule has 1 aliphatic rings. The maximum absolute atomic E-state index is 14.5. The summed E-state index contributed by atoms with van der Waals surface area (Å²) in [5.41, 5.74) is 1.39. The predicted octanol–water partition coefficient (Wildman–Crippen LogP) is 6.53. The van der Waals surface area contributed by atoms with Crippen LogP contribution in [0.3, 0.4) is 0 Å². The van der Waals surface area contributed by atoms with Crippen LogP contribution in [0.1, 0.15) is 48.7 Å². The first-order chi connectivity index (χ1) is 14.9. The van der Waals surface area contributed by atoms with E-state index in [1.807, 2.05) is 6.26 Å². The monoisotopic (exact) mass is 450 g/mol. The molecule has 4 rings (SSSR count). The lowest BCUT2D eigenvalue weighted by Crippen LogP contribution is -2.02. The minimum Gasteiger partial charge on any atom is -0.483 e. The fourth-order valence-corrected chi connectivity index (χ4v) is 3.65. The van der Waals surface area contributed by atoms with E-state index in [4.69, 9.17) is 14.3 Å². The number of oxazole rings is 1. The van der Waals surface area contributed by atoms with Crippen LogP contribution < -0.4 is 9.88 Å². The summed E-state index contributed by atoms with van der Waals surface area (Å²) in [6.45, 7) is 1.72. The predicted molar refractivity (Wildman–Crippen MR) is 116 cm³/mol. The molecule has 1 saturated carbocycles. The summed E-state index contributed by atoms with van der Waals surface area (Å²) in [6.07, 6.45) is 7.71. The van der Waals surface area contributed by atoms with Crippen molar-refractivity contribution >= 4 is 11.9 Å². The van der Waals surface area contributed by atoms with E-state index in [0.717, 1.165) is 43.4 Å². The fraction of sp³-hybridized carbons (Fsp3) is 0.348. The van der Waals surface area contributed by atoms with Crippen LogP contribution in [0.5, 0.6) is 5.75 Å². The number of nitrogens with two attached hydrogens (primary N) is 1. The molecule has 1 aliphatic carbocycles. The first-order valence-corrected chi connectivity index (χ1v) is 11.3. The Kier molecular flexibility index (Phi) is 8.03. The van der Waals surface area contributed by atoms with Gasteiger partial charge in [-0.3, -0.25) is 5.14 Å². The molecule has 0 spiro atoms. The number of aromatic nitrogens is 1. The van der Waals surface area contributed by atoms with Crippen molar-refractivity contribution in [2.24, 2.45) is 5.14 Å². The van der Waals surface area contributed by atoms with Crippen LogP contribution in [0.2, 0.25) is 0 Å². The van der Waals surface area contributed by atoms with E-state index < -0.39 is 17.5 Å². The molecule has 8 heteroatoms. The van der Waals surface area contributed by atoms with Crippen LogP contribution in [0.25, 0.3) is 11.1 Å². The van der Waals surface area contributed by atoms with Crippen LogP contribution in [-0.4, -0.2) is 11.2 Å². The van der Waals surface area contributed by atoms with Crippen molar-refractivity contribution in [1.29, 1.82) is 0 Å². The number of halogens is 3. The number of aryl methyl sites for hydroxylation is 1. The molecule has 0 unspecified atom stereocenters. The first-order valence-electron chi connectivity index (χ1n) is 9.98. The number of hydrogen-bond donors (Lipinski definition) is 1. The second kappa shape index (κ2) is 10.7. The number of hydrogen-bond acceptors (Lipinski definition) is 5. The molecule has 1 aromatic heterocycles. The summed E-state index contributed by atoms with van der Waals surface area (Å²) in [7, 11) is 0. The third-order valence-electron chi connectivity index (χ3n) is 5.06. The number of benzene rings is 2. The van der Waals surface area contributed by atoms with Crippen LogP contribution in [0.15, 0.2) is 41.0 Å². The molecule has 0 saturated heterocycles. The van der Waals surface area contributed by atoms with Gasteiger partial charge in [-0.2, -0.15) is 0 Å². The van der Waals surface area contributed by atoms with Gasteiger partial charge in [0.25, 0.3) is 0 Å². The van der Waals surface area contributed by atoms with Crippen molar-refractivity contribution in [2.45, 2.75) is 45.1 Å². The van der Waals surface area contributed by atoms with Crippen molar-refractivity contribution in [3.63, 3.8) is 0 Å². The molecule has 0 radical (unpaired) electrons. The molecule has 3 aromatic rings. The summed E-state index contributed by atoms with van der Waals surface area (Å²) < 4.78 is 53.7. The third-order valence-corrected chi connectivity index (χ3v) is 5.06. The molecular formula is C23H25F3N2O2S. The van der Waals surface area contributed by atoms with E-state index in [0.29, 0.717) is 17.5 Å². The topological polar surface area (TPSA) is 61.3 Å². The molecule has 1 heterocycles. The lowest BCUT2D eigenvalue weighted by atomic mass is 10.0. The molecular weight excluding hydrogens is 425 g/mol. The van der Waals surface area contributed by atoms with Crippen LogP contribution in [-0.2, 0) is 6.61 Å². The third kappa shape index (κ3) is 5.83. The second-order valence-electron chi connectivity index (χ2n) is 7.43. The minimum absolute atomic E-state index is 0.0261. The van der Waals surface area contributed by atoms with Gasteiger partial charge in [-0.25, -0.2) is 18.2 Å². The Labute approximate surface area is 184 Å². The van der Waals surface area contributed by atoms with E-state index in [-0.39, 0.29) is 23.5 Å². The molecule has 4 nitrogen and oxygen atoms in total. The van der Waals surface area contributed by atoms with Gasteiger partial charge in [0, 0.05) is 23.1 Å². The van der Waals surface area contributed by atoms with Crippen molar-refractivity contribution < 1.29 is 22.3 Å². The van der Waals surface area contributed by atoms with E-state index >= 15 is 0 Å². The minimum atomic E-state index is -0.893. The van der Waals surface area contributed by atoms with Gasteiger partial charge >= 0.3 is 0 Å². The normalized spacial score (nSPS) is 13.7. The molecule has 0 amide bonds. The Balaban J connectivity index is 0.000000858. The maximum atomic E-state index is 14.5. The number of ether oxygens (including phenoxy) is 1. The quantitative estimate of drug-likeness (QED) is 0.448. The van der Waals surface area contributed by atoms with Gasteiger partial charge in [0.15, 0.2) is 17.5 Å². The Morgan fingerprint density at radius 1 is 1.10 bits per heavy atom. The highest BCUT2D eigenvalue weighted by Gasteiger charge is 2.23. The van der Waals surface area contributed by atoms with Gasteiger partial charge in [-0.05, 0) is 44.2 Å². The Morgan fingerprint density at radius 3 is 2.52 bits per heavy atom. The van der Waals surface area contributed by atoms with Crippen LogP contribution >= 0.6 is 11.9 Å². The molecule has 0 bridgehead atoms. The second-order valence-corrected chi connectivity index (χ2v) is 7.90. The van der Waals surface area contributed by atoms with Crippen molar-refractivity contribution in [1.82, 2.24) is 4.98 Å². The maximum Gasteiger partial charge on any atom is 0.197 e. The summed E-state index contributed by atoms with van der Waals surface area (Å²) in [4.78, 5) is 4.43. The Hall–Kier alpha value is -2.45. The molecule has 2 aromatic carbocycles. The lowest BCUT2D eigenvalue weighted by molar-refractivity contribution is 0.286. The largest absolute Gasteiger partial charge is 0.483 e. The standard InChI is InChI=1S/C22H20F3NO2.CH5NS/c1-13-6-7-19(24)17(8-13)18-9-15(23)10-20(25)21(18)27-11-16-12-28-22(26-16)14-4-2-3-5-14;1-3-2/h6-10,12,14H,2-5,11H2,1H3;2H2,1H3. The summed E-state index contributed by atoms with van der Waals surface area (Å²) in [6, 6.07) is 6.19. The smallest absolute Gasteiger partial charge is 0.197 e. The summed E-state index contributed by atoms with van der Waals surface area (Å²) >= 11 is 1.25.